The van der Waals surface area contributed by atoms with Gasteiger partial charge in [-0.25, -0.2) is 0 Å². The molecule has 4 rings (SSSR count). The number of fused-ring (bicyclic) bond motifs is 1. The van der Waals surface area contributed by atoms with Gasteiger partial charge in [0.2, 0.25) is 5.91 Å². The molecule has 0 atom stereocenters. The van der Waals surface area contributed by atoms with Crippen molar-refractivity contribution in [2.75, 3.05) is 13.1 Å². The van der Waals surface area contributed by atoms with Gasteiger partial charge in [0, 0.05) is 37.4 Å². The normalized spacial score (nSPS) is 22.4. The number of halogens is 2. The van der Waals surface area contributed by atoms with Crippen LogP contribution in [-0.4, -0.2) is 35.3 Å². The highest BCUT2D eigenvalue weighted by atomic mass is 35.5. The maximum Gasteiger partial charge on any atom is 0.222 e. The maximum atomic E-state index is 12.7. The smallest absolute Gasteiger partial charge is 0.222 e. The Hall–Kier alpha value is -1.26. The molecule has 3 aliphatic rings. The Labute approximate surface area is 170 Å². The number of ketones is 1. The van der Waals surface area contributed by atoms with Crippen molar-refractivity contribution in [1.82, 2.24) is 4.90 Å². The molecule has 4 nitrogen and oxygen atoms in total. The van der Waals surface area contributed by atoms with Gasteiger partial charge in [0.15, 0.2) is 5.78 Å². The number of ether oxygens (including phenoxy) is 1. The number of nitrogens with zero attached hydrogens (tertiary/aromatic N) is 1. The number of likely N-dealkylation sites (tertiary alicyclic amines) is 1. The van der Waals surface area contributed by atoms with E-state index in [2.05, 4.69) is 0 Å². The number of benzene rings is 1. The maximum absolute atomic E-state index is 12.7. The monoisotopic (exact) mass is 409 g/mol. The molecule has 2 aliphatic heterocycles. The van der Waals surface area contributed by atoms with Gasteiger partial charge in [-0.3, -0.25) is 9.59 Å². The van der Waals surface area contributed by atoms with Crippen LogP contribution < -0.4 is 4.74 Å². The molecule has 0 aromatic heterocycles. The number of hydrogen-bond donors (Lipinski definition) is 0. The zero-order chi connectivity index (χ0) is 19.0. The number of carbonyl (C=O) groups excluding carboxylic acids is 2. The fraction of sp³-hybridized carbons (Fsp3) is 0.619. The van der Waals surface area contributed by atoms with Crippen LogP contribution in [0.5, 0.6) is 5.75 Å². The van der Waals surface area contributed by atoms with E-state index in [0.717, 1.165) is 0 Å². The highest BCUT2D eigenvalue weighted by Crippen LogP contribution is 2.44. The van der Waals surface area contributed by atoms with Gasteiger partial charge in [0.25, 0.3) is 0 Å². The predicted octanol–water partition coefficient (Wildman–Crippen LogP) is 5.29. The molecule has 1 aromatic rings. The Morgan fingerprint density at radius 2 is 1.85 bits per heavy atom. The van der Waals surface area contributed by atoms with Crippen molar-refractivity contribution in [3.05, 3.63) is 27.7 Å². The largest absolute Gasteiger partial charge is 0.484 e. The summed E-state index contributed by atoms with van der Waals surface area (Å²) < 4.78 is 6.25. The van der Waals surface area contributed by atoms with Crippen molar-refractivity contribution in [3.63, 3.8) is 0 Å². The van der Waals surface area contributed by atoms with Crippen LogP contribution in [0.15, 0.2) is 12.1 Å². The fourth-order valence-electron chi connectivity index (χ4n) is 4.72. The molecule has 146 valence electrons. The molecule has 0 bridgehead atoms. The number of amides is 1. The molecule has 1 saturated carbocycles. The molecular weight excluding hydrogens is 385 g/mol. The van der Waals surface area contributed by atoms with E-state index < -0.39 is 5.60 Å². The quantitative estimate of drug-likeness (QED) is 0.666. The van der Waals surface area contributed by atoms with Crippen molar-refractivity contribution in [2.45, 2.75) is 63.4 Å². The highest BCUT2D eigenvalue weighted by Gasteiger charge is 2.44. The number of hydrogen-bond acceptors (Lipinski definition) is 3. The minimum absolute atomic E-state index is 0.0163. The summed E-state index contributed by atoms with van der Waals surface area (Å²) in [5, 5.41) is 0.815. The summed E-state index contributed by atoms with van der Waals surface area (Å²) in [5.41, 5.74) is -0.0858. The van der Waals surface area contributed by atoms with Crippen LogP contribution in [0.3, 0.4) is 0 Å². The second-order valence-electron chi connectivity index (χ2n) is 8.24. The third-order valence-electron chi connectivity index (χ3n) is 6.33. The molecule has 0 N–H and O–H groups in total. The summed E-state index contributed by atoms with van der Waals surface area (Å²) in [6, 6.07) is 3.23. The number of carbonyl (C=O) groups is 2. The molecule has 2 heterocycles. The van der Waals surface area contributed by atoms with E-state index in [1.807, 2.05) is 4.90 Å². The average molecular weight is 410 g/mol. The summed E-state index contributed by atoms with van der Waals surface area (Å²) in [4.78, 5) is 27.3. The lowest BCUT2D eigenvalue weighted by molar-refractivity contribution is -0.136. The first-order chi connectivity index (χ1) is 13.0. The van der Waals surface area contributed by atoms with Crippen molar-refractivity contribution in [2.24, 2.45) is 5.92 Å². The molecule has 1 saturated heterocycles. The van der Waals surface area contributed by atoms with Crippen LogP contribution in [0.25, 0.3) is 0 Å². The van der Waals surface area contributed by atoms with Crippen LogP contribution in [0.4, 0.5) is 0 Å². The first-order valence-electron chi connectivity index (χ1n) is 9.95. The van der Waals surface area contributed by atoms with Gasteiger partial charge in [0.1, 0.15) is 11.4 Å². The molecule has 1 aromatic carbocycles. The fourth-order valence-corrected chi connectivity index (χ4v) is 5.25. The van der Waals surface area contributed by atoms with E-state index in [1.165, 1.54) is 32.1 Å². The number of rotatable bonds is 2. The van der Waals surface area contributed by atoms with E-state index in [1.54, 1.807) is 12.1 Å². The molecule has 2 fully saturated rings. The molecule has 0 unspecified atom stereocenters. The zero-order valence-corrected chi connectivity index (χ0v) is 16.9. The molecule has 1 amide bonds. The van der Waals surface area contributed by atoms with E-state index in [0.29, 0.717) is 66.0 Å². The van der Waals surface area contributed by atoms with E-state index in [4.69, 9.17) is 27.9 Å². The summed E-state index contributed by atoms with van der Waals surface area (Å²) in [6.07, 6.45) is 8.47. The highest BCUT2D eigenvalue weighted by molar-refractivity contribution is 6.36. The van der Waals surface area contributed by atoms with Gasteiger partial charge in [-0.2, -0.15) is 0 Å². The van der Waals surface area contributed by atoms with Gasteiger partial charge >= 0.3 is 0 Å². The minimum atomic E-state index is -0.552. The number of piperidine rings is 1. The van der Waals surface area contributed by atoms with Crippen molar-refractivity contribution in [3.8, 4) is 5.75 Å². The van der Waals surface area contributed by atoms with Gasteiger partial charge in [-0.15, -0.1) is 0 Å². The second-order valence-corrected chi connectivity index (χ2v) is 9.08. The molecule has 6 heteroatoms. The van der Waals surface area contributed by atoms with Crippen molar-refractivity contribution in [1.29, 1.82) is 0 Å². The van der Waals surface area contributed by atoms with Gasteiger partial charge in [-0.1, -0.05) is 42.5 Å². The van der Waals surface area contributed by atoms with Crippen LogP contribution in [0.1, 0.15) is 68.1 Å². The molecule has 1 aliphatic carbocycles. The Morgan fingerprint density at radius 3 is 2.56 bits per heavy atom. The SMILES string of the molecule is O=C1CC2(CCN(C(=O)CC3CCCCC3)CC2)Oc2c(Cl)cc(Cl)cc21. The summed E-state index contributed by atoms with van der Waals surface area (Å²) in [5.74, 6) is 1.26. The third-order valence-corrected chi connectivity index (χ3v) is 6.82. The Morgan fingerprint density at radius 1 is 1.15 bits per heavy atom. The lowest BCUT2D eigenvalue weighted by atomic mass is 9.82. The average Bonchev–Trinajstić information content (AvgIpc) is 2.64. The summed E-state index contributed by atoms with van der Waals surface area (Å²) in [6.45, 7) is 1.28. The molecule has 1 spiro atoms. The Kier molecular flexibility index (Phi) is 5.39. The topological polar surface area (TPSA) is 46.6 Å². The van der Waals surface area contributed by atoms with E-state index in [9.17, 15) is 9.59 Å². The summed E-state index contributed by atoms with van der Waals surface area (Å²) >= 11 is 12.3. The summed E-state index contributed by atoms with van der Waals surface area (Å²) in [7, 11) is 0. The lowest BCUT2D eigenvalue weighted by Gasteiger charge is -2.44. The Bertz CT molecular complexity index is 750. The lowest BCUT2D eigenvalue weighted by Crippen LogP contribution is -2.52. The number of Topliss-reactive ketones (excluding diaryl/α,β-unsaturated/α-hetero) is 1. The molecule has 27 heavy (non-hydrogen) atoms. The molecule has 0 radical (unpaired) electrons. The zero-order valence-electron chi connectivity index (χ0n) is 15.4. The molecular formula is C21H25Cl2NO3. The van der Waals surface area contributed by atoms with E-state index >= 15 is 0 Å². The third kappa shape index (κ3) is 3.97. The van der Waals surface area contributed by atoms with Gasteiger partial charge in [-0.05, 0) is 30.9 Å². The van der Waals surface area contributed by atoms with Crippen molar-refractivity contribution >= 4 is 34.9 Å². The van der Waals surface area contributed by atoms with E-state index in [-0.39, 0.29) is 11.7 Å². The van der Waals surface area contributed by atoms with Crippen LogP contribution in [0.2, 0.25) is 10.0 Å². The first-order valence-corrected chi connectivity index (χ1v) is 10.7. The predicted molar refractivity (Wildman–Crippen MR) is 106 cm³/mol. The van der Waals surface area contributed by atoms with Crippen molar-refractivity contribution < 1.29 is 14.3 Å². The minimum Gasteiger partial charge on any atom is -0.484 e. The standard InChI is InChI=1S/C21H25Cl2NO3/c22-15-11-16-18(25)13-21(27-20(16)17(23)12-15)6-8-24(9-7-21)19(26)10-14-4-2-1-3-5-14/h11-12,14H,1-10,13H2. The van der Waals surface area contributed by atoms with Crippen LogP contribution >= 0.6 is 23.2 Å². The van der Waals surface area contributed by atoms with Crippen LogP contribution in [-0.2, 0) is 4.79 Å². The Balaban J connectivity index is 1.41. The second kappa shape index (κ2) is 7.63. The van der Waals surface area contributed by atoms with Gasteiger partial charge in [0.05, 0.1) is 17.0 Å². The first kappa shape index (κ1) is 19.1. The van der Waals surface area contributed by atoms with Gasteiger partial charge < -0.3 is 9.64 Å². The van der Waals surface area contributed by atoms with Crippen LogP contribution in [0, 0.1) is 5.92 Å².